The second-order valence-electron chi connectivity index (χ2n) is 4.68. The third kappa shape index (κ3) is 1.76. The molecule has 4 heteroatoms. The standard InChI is InChI=1S/C15H14N2O2/c1-11-7-8-16-9-13(10-18)17(15(19)14(11)16)12-5-3-2-4-6-12/h3,5-10H,2,4H2,1H3. The molecule has 0 saturated heterocycles. The molecule has 1 aliphatic rings. The summed E-state index contributed by atoms with van der Waals surface area (Å²) >= 11 is 0. The van der Waals surface area contributed by atoms with Crippen molar-refractivity contribution in [3.63, 3.8) is 0 Å². The number of allylic oxidation sites excluding steroid dienone is 4. The van der Waals surface area contributed by atoms with E-state index in [1.807, 2.05) is 31.2 Å². The first kappa shape index (κ1) is 11.7. The Bertz CT molecular complexity index is 775. The first-order valence-electron chi connectivity index (χ1n) is 6.28. The van der Waals surface area contributed by atoms with E-state index in [0.29, 0.717) is 11.2 Å². The summed E-state index contributed by atoms with van der Waals surface area (Å²) in [5.41, 5.74) is 2.53. The molecular weight excluding hydrogens is 240 g/mol. The molecule has 0 N–H and O–H groups in total. The van der Waals surface area contributed by atoms with E-state index in [4.69, 9.17) is 0 Å². The van der Waals surface area contributed by atoms with Crippen LogP contribution in [-0.2, 0) is 0 Å². The van der Waals surface area contributed by atoms with Crippen LogP contribution in [0.5, 0.6) is 0 Å². The maximum atomic E-state index is 12.6. The molecule has 2 aromatic heterocycles. The second-order valence-corrected chi connectivity index (χ2v) is 4.68. The Kier molecular flexibility index (Phi) is 2.71. The number of nitrogens with zero attached hydrogens (tertiary/aromatic N) is 2. The first-order chi connectivity index (χ1) is 9.22. The summed E-state index contributed by atoms with van der Waals surface area (Å²) < 4.78 is 3.20. The van der Waals surface area contributed by atoms with Crippen molar-refractivity contribution in [2.75, 3.05) is 0 Å². The van der Waals surface area contributed by atoms with Crippen molar-refractivity contribution in [3.8, 4) is 0 Å². The molecule has 0 bridgehead atoms. The average molecular weight is 254 g/mol. The van der Waals surface area contributed by atoms with Crippen LogP contribution < -0.4 is 5.56 Å². The summed E-state index contributed by atoms with van der Waals surface area (Å²) in [6, 6.07) is 1.88. The van der Waals surface area contributed by atoms with Crippen molar-refractivity contribution in [2.24, 2.45) is 0 Å². The second kappa shape index (κ2) is 4.39. The quantitative estimate of drug-likeness (QED) is 0.772. The first-order valence-corrected chi connectivity index (χ1v) is 6.28. The number of aldehydes is 1. The monoisotopic (exact) mass is 254 g/mol. The van der Waals surface area contributed by atoms with Gasteiger partial charge in [-0.05, 0) is 37.5 Å². The number of carbonyl (C=O) groups is 1. The van der Waals surface area contributed by atoms with Crippen molar-refractivity contribution >= 4 is 17.5 Å². The molecule has 0 amide bonds. The number of aromatic nitrogens is 2. The van der Waals surface area contributed by atoms with Crippen LogP contribution in [-0.4, -0.2) is 15.3 Å². The fourth-order valence-electron chi connectivity index (χ4n) is 2.47. The van der Waals surface area contributed by atoms with E-state index in [-0.39, 0.29) is 5.56 Å². The van der Waals surface area contributed by atoms with Gasteiger partial charge in [-0.25, -0.2) is 0 Å². The number of hydrogen-bond acceptors (Lipinski definition) is 2. The van der Waals surface area contributed by atoms with Crippen LogP contribution in [0.3, 0.4) is 0 Å². The van der Waals surface area contributed by atoms with Gasteiger partial charge in [0.2, 0.25) is 0 Å². The molecule has 3 rings (SSSR count). The molecule has 0 radical (unpaired) electrons. The minimum absolute atomic E-state index is 0.148. The molecule has 2 heterocycles. The predicted octanol–water partition coefficient (Wildman–Crippen LogP) is 2.41. The Labute approximate surface area is 110 Å². The zero-order valence-electron chi connectivity index (χ0n) is 10.7. The number of aryl methyl sites for hydroxylation is 1. The Morgan fingerprint density at radius 2 is 2.16 bits per heavy atom. The Morgan fingerprint density at radius 3 is 2.84 bits per heavy atom. The van der Waals surface area contributed by atoms with Crippen LogP contribution in [0, 0.1) is 6.92 Å². The maximum absolute atomic E-state index is 12.6. The smallest absolute Gasteiger partial charge is 0.280 e. The summed E-state index contributed by atoms with van der Waals surface area (Å²) in [4.78, 5) is 23.8. The normalized spacial score (nSPS) is 14.7. The molecule has 19 heavy (non-hydrogen) atoms. The highest BCUT2D eigenvalue weighted by molar-refractivity contribution is 5.77. The Hall–Kier alpha value is -2.36. The minimum atomic E-state index is -0.148. The van der Waals surface area contributed by atoms with E-state index in [2.05, 4.69) is 0 Å². The van der Waals surface area contributed by atoms with Crippen molar-refractivity contribution in [2.45, 2.75) is 19.8 Å². The van der Waals surface area contributed by atoms with Gasteiger partial charge in [0.25, 0.3) is 5.56 Å². The van der Waals surface area contributed by atoms with E-state index in [1.165, 1.54) is 4.57 Å². The third-order valence-electron chi connectivity index (χ3n) is 3.41. The fourth-order valence-corrected chi connectivity index (χ4v) is 2.47. The molecule has 0 unspecified atom stereocenters. The highest BCUT2D eigenvalue weighted by Crippen LogP contribution is 2.16. The lowest BCUT2D eigenvalue weighted by molar-refractivity contribution is 0.111. The molecule has 0 saturated carbocycles. The van der Waals surface area contributed by atoms with E-state index >= 15 is 0 Å². The van der Waals surface area contributed by atoms with Gasteiger partial charge in [0.05, 0.1) is 0 Å². The summed E-state index contributed by atoms with van der Waals surface area (Å²) in [7, 11) is 0. The minimum Gasteiger partial charge on any atom is -0.317 e. The van der Waals surface area contributed by atoms with Crippen LogP contribution in [0.15, 0.2) is 41.5 Å². The molecule has 0 aromatic carbocycles. The van der Waals surface area contributed by atoms with Gasteiger partial charge in [-0.3, -0.25) is 14.2 Å². The van der Waals surface area contributed by atoms with Crippen molar-refractivity contribution < 1.29 is 4.79 Å². The number of carbonyl (C=O) groups excluding carboxylic acids is 1. The van der Waals surface area contributed by atoms with E-state index in [9.17, 15) is 9.59 Å². The Morgan fingerprint density at radius 1 is 1.32 bits per heavy atom. The average Bonchev–Trinajstić information content (AvgIpc) is 2.81. The van der Waals surface area contributed by atoms with Crippen LogP contribution in [0.1, 0.15) is 28.9 Å². The predicted molar refractivity (Wildman–Crippen MR) is 74.4 cm³/mol. The third-order valence-corrected chi connectivity index (χ3v) is 3.41. The lowest BCUT2D eigenvalue weighted by Crippen LogP contribution is -2.25. The van der Waals surface area contributed by atoms with Crippen LogP contribution in [0.4, 0.5) is 0 Å². The molecule has 1 aliphatic carbocycles. The van der Waals surface area contributed by atoms with Crippen LogP contribution in [0.25, 0.3) is 11.2 Å². The topological polar surface area (TPSA) is 43.5 Å². The van der Waals surface area contributed by atoms with Gasteiger partial charge in [0, 0.05) is 18.1 Å². The van der Waals surface area contributed by atoms with Crippen LogP contribution >= 0.6 is 0 Å². The van der Waals surface area contributed by atoms with Crippen molar-refractivity contribution in [1.82, 2.24) is 8.97 Å². The largest absolute Gasteiger partial charge is 0.317 e. The molecule has 0 fully saturated rings. The fraction of sp³-hybridized carbons (Fsp3) is 0.200. The summed E-state index contributed by atoms with van der Waals surface area (Å²) in [5.74, 6) is 0. The summed E-state index contributed by atoms with van der Waals surface area (Å²) in [6.07, 6.45) is 12.0. The van der Waals surface area contributed by atoms with Gasteiger partial charge in [-0.2, -0.15) is 0 Å². The molecule has 96 valence electrons. The van der Waals surface area contributed by atoms with Gasteiger partial charge in [0.1, 0.15) is 11.2 Å². The number of rotatable bonds is 2. The van der Waals surface area contributed by atoms with Crippen molar-refractivity contribution in [3.05, 3.63) is 58.3 Å². The summed E-state index contributed by atoms with van der Waals surface area (Å²) in [5, 5.41) is 0. The van der Waals surface area contributed by atoms with Gasteiger partial charge >= 0.3 is 0 Å². The SMILES string of the molecule is Cc1ccn2cc(C=O)n(C3=CCCC=C3)c(=O)c12. The van der Waals surface area contributed by atoms with Gasteiger partial charge in [-0.15, -0.1) is 0 Å². The van der Waals surface area contributed by atoms with E-state index in [0.717, 1.165) is 30.4 Å². The molecule has 0 spiro atoms. The molecule has 2 aromatic rings. The molecular formula is C15H14N2O2. The number of fused-ring (bicyclic) bond motifs is 1. The molecule has 0 atom stereocenters. The van der Waals surface area contributed by atoms with Gasteiger partial charge in [0.15, 0.2) is 6.29 Å². The van der Waals surface area contributed by atoms with Gasteiger partial charge < -0.3 is 4.40 Å². The van der Waals surface area contributed by atoms with Crippen LogP contribution in [0.2, 0.25) is 0 Å². The maximum Gasteiger partial charge on any atom is 0.280 e. The number of hydrogen-bond donors (Lipinski definition) is 0. The van der Waals surface area contributed by atoms with E-state index in [1.54, 1.807) is 16.8 Å². The van der Waals surface area contributed by atoms with Gasteiger partial charge in [-0.1, -0.05) is 12.2 Å². The van der Waals surface area contributed by atoms with E-state index < -0.39 is 0 Å². The molecule has 4 nitrogen and oxygen atoms in total. The zero-order valence-corrected chi connectivity index (χ0v) is 10.7. The molecule has 0 aliphatic heterocycles. The lowest BCUT2D eigenvalue weighted by Gasteiger charge is -2.13. The highest BCUT2D eigenvalue weighted by atomic mass is 16.1. The summed E-state index contributed by atoms with van der Waals surface area (Å²) in [6.45, 7) is 1.90. The zero-order chi connectivity index (χ0) is 13.4. The van der Waals surface area contributed by atoms with Crippen molar-refractivity contribution in [1.29, 1.82) is 0 Å². The Balaban J connectivity index is 2.39. The lowest BCUT2D eigenvalue weighted by atomic mass is 10.1. The highest BCUT2D eigenvalue weighted by Gasteiger charge is 2.13.